The molecule has 6 nitrogen and oxygen atoms in total. The van der Waals surface area contributed by atoms with E-state index in [-0.39, 0.29) is 23.5 Å². The van der Waals surface area contributed by atoms with E-state index >= 15 is 0 Å². The number of furan rings is 1. The average molecular weight is 407 g/mol. The first-order valence-electron chi connectivity index (χ1n) is 10.6. The zero-order chi connectivity index (χ0) is 21.0. The van der Waals surface area contributed by atoms with Gasteiger partial charge in [-0.05, 0) is 62.6 Å². The molecule has 30 heavy (non-hydrogen) atoms. The van der Waals surface area contributed by atoms with Gasteiger partial charge in [-0.15, -0.1) is 0 Å². The van der Waals surface area contributed by atoms with Gasteiger partial charge in [0.1, 0.15) is 35.2 Å². The molecule has 0 spiro atoms. The van der Waals surface area contributed by atoms with Gasteiger partial charge in [0, 0.05) is 18.0 Å². The number of rotatable bonds is 3. The van der Waals surface area contributed by atoms with Gasteiger partial charge in [-0.3, -0.25) is 9.59 Å². The zero-order valence-corrected chi connectivity index (χ0v) is 17.2. The molecule has 5 rings (SSSR count). The highest BCUT2D eigenvalue weighted by molar-refractivity contribution is 6.46. The van der Waals surface area contributed by atoms with Crippen molar-refractivity contribution in [2.45, 2.75) is 64.1 Å². The van der Waals surface area contributed by atoms with Crippen molar-refractivity contribution in [1.29, 1.82) is 0 Å². The van der Waals surface area contributed by atoms with Gasteiger partial charge in [-0.25, -0.2) is 0 Å². The first-order valence-corrected chi connectivity index (χ1v) is 10.6. The van der Waals surface area contributed by atoms with Crippen molar-refractivity contribution in [2.75, 3.05) is 0 Å². The molecule has 0 radical (unpaired) electrons. The van der Waals surface area contributed by atoms with E-state index in [9.17, 15) is 14.7 Å². The maximum Gasteiger partial charge on any atom is 0.296 e. The summed E-state index contributed by atoms with van der Waals surface area (Å²) >= 11 is 0. The Labute approximate surface area is 175 Å². The summed E-state index contributed by atoms with van der Waals surface area (Å²) in [6.45, 7) is 3.82. The van der Waals surface area contributed by atoms with Crippen molar-refractivity contribution in [3.05, 3.63) is 58.6 Å². The van der Waals surface area contributed by atoms with Gasteiger partial charge in [0.2, 0.25) is 0 Å². The Bertz CT molecular complexity index is 1060. The lowest BCUT2D eigenvalue weighted by atomic mass is 9.97. The molecule has 1 aromatic heterocycles. The fourth-order valence-corrected chi connectivity index (χ4v) is 5.01. The van der Waals surface area contributed by atoms with Crippen LogP contribution in [0.5, 0.6) is 5.75 Å². The third-order valence-electron chi connectivity index (χ3n) is 6.40. The Morgan fingerprint density at radius 2 is 1.90 bits per heavy atom. The number of ether oxygens (including phenoxy) is 1. The second-order valence-electron chi connectivity index (χ2n) is 8.55. The molecular weight excluding hydrogens is 382 g/mol. The molecule has 3 heterocycles. The minimum atomic E-state index is -0.703. The molecule has 156 valence electrons. The summed E-state index contributed by atoms with van der Waals surface area (Å²) in [7, 11) is 0. The lowest BCUT2D eigenvalue weighted by Gasteiger charge is -2.29. The summed E-state index contributed by atoms with van der Waals surface area (Å²) in [6, 6.07) is 8.29. The predicted molar refractivity (Wildman–Crippen MR) is 110 cm³/mol. The number of nitrogens with zero attached hydrogens (tertiary/aromatic N) is 1. The number of aryl methyl sites for hydroxylation is 1. The lowest BCUT2D eigenvalue weighted by Crippen LogP contribution is -2.37. The summed E-state index contributed by atoms with van der Waals surface area (Å²) in [5, 5.41) is 11.2. The zero-order valence-electron chi connectivity index (χ0n) is 17.2. The SMILES string of the molecule is Cc1ccc(C2/C(=C(/O)c3ccc4c(c3)CC(C)O4)C(=O)C(=O)N2C2CCCC2)o1. The Balaban J connectivity index is 1.63. The first-order chi connectivity index (χ1) is 14.4. The van der Waals surface area contributed by atoms with Crippen LogP contribution in [0.15, 0.2) is 40.3 Å². The largest absolute Gasteiger partial charge is 0.507 e. The normalized spacial score (nSPS) is 25.7. The van der Waals surface area contributed by atoms with Crippen LogP contribution in [0.3, 0.4) is 0 Å². The van der Waals surface area contributed by atoms with Crippen LogP contribution < -0.4 is 4.74 Å². The highest BCUT2D eigenvalue weighted by Gasteiger charge is 2.50. The molecule has 1 saturated heterocycles. The average Bonchev–Trinajstić information content (AvgIpc) is 3.48. The number of hydrogen-bond donors (Lipinski definition) is 1. The Morgan fingerprint density at radius 1 is 1.13 bits per heavy atom. The van der Waals surface area contributed by atoms with Gasteiger partial charge < -0.3 is 19.2 Å². The fraction of sp³-hybridized carbons (Fsp3) is 0.417. The number of amides is 1. The number of carbonyl (C=O) groups excluding carboxylic acids is 2. The van der Waals surface area contributed by atoms with Crippen LogP contribution in [0.2, 0.25) is 0 Å². The molecule has 1 saturated carbocycles. The van der Waals surface area contributed by atoms with E-state index in [1.165, 1.54) is 0 Å². The third-order valence-corrected chi connectivity index (χ3v) is 6.40. The maximum atomic E-state index is 13.1. The van der Waals surface area contributed by atoms with Crippen molar-refractivity contribution in [3.63, 3.8) is 0 Å². The lowest BCUT2D eigenvalue weighted by molar-refractivity contribution is -0.141. The second-order valence-corrected chi connectivity index (χ2v) is 8.55. The standard InChI is InChI=1S/C24H25NO5/c1-13-7-9-19(29-13)21-20(23(27)24(28)25(21)17-5-3-4-6-17)22(26)15-8-10-18-16(12-15)11-14(2)30-18/h7-10,12,14,17,21,26H,3-6,11H2,1-2H3/b22-20-. The molecule has 6 heteroatoms. The molecule has 2 aliphatic heterocycles. The Morgan fingerprint density at radius 3 is 2.60 bits per heavy atom. The molecule has 2 fully saturated rings. The van der Waals surface area contributed by atoms with Crippen LogP contribution in [0.25, 0.3) is 5.76 Å². The van der Waals surface area contributed by atoms with E-state index in [0.717, 1.165) is 43.4 Å². The van der Waals surface area contributed by atoms with E-state index in [2.05, 4.69) is 0 Å². The number of fused-ring (bicyclic) bond motifs is 1. The number of Topliss-reactive ketones (excluding diaryl/α,β-unsaturated/α-hetero) is 1. The molecule has 2 unspecified atom stereocenters. The van der Waals surface area contributed by atoms with Crippen LogP contribution in [-0.4, -0.2) is 33.8 Å². The topological polar surface area (TPSA) is 80.0 Å². The summed E-state index contributed by atoms with van der Waals surface area (Å²) in [5.41, 5.74) is 1.61. The van der Waals surface area contributed by atoms with E-state index in [0.29, 0.717) is 17.1 Å². The molecular formula is C24H25NO5. The Hall–Kier alpha value is -3.02. The van der Waals surface area contributed by atoms with Gasteiger partial charge in [0.15, 0.2) is 0 Å². The highest BCUT2D eigenvalue weighted by atomic mass is 16.5. The number of aliphatic hydroxyl groups is 1. The Kier molecular flexibility index (Phi) is 4.45. The van der Waals surface area contributed by atoms with Crippen molar-refractivity contribution in [1.82, 2.24) is 4.90 Å². The maximum absolute atomic E-state index is 13.1. The van der Waals surface area contributed by atoms with Gasteiger partial charge in [0.25, 0.3) is 11.7 Å². The van der Waals surface area contributed by atoms with Crippen molar-refractivity contribution < 1.29 is 23.8 Å². The van der Waals surface area contributed by atoms with Gasteiger partial charge in [-0.1, -0.05) is 12.8 Å². The summed E-state index contributed by atoms with van der Waals surface area (Å²) in [6.07, 6.45) is 4.60. The third kappa shape index (κ3) is 2.93. The molecule has 1 N–H and O–H groups in total. The summed E-state index contributed by atoms with van der Waals surface area (Å²) < 4.78 is 11.6. The van der Waals surface area contributed by atoms with Crippen LogP contribution >= 0.6 is 0 Å². The number of benzene rings is 1. The number of likely N-dealkylation sites (tertiary alicyclic amines) is 1. The smallest absolute Gasteiger partial charge is 0.296 e. The monoisotopic (exact) mass is 407 g/mol. The number of ketones is 1. The predicted octanol–water partition coefficient (Wildman–Crippen LogP) is 4.28. The molecule has 0 bridgehead atoms. The van der Waals surface area contributed by atoms with Crippen LogP contribution in [-0.2, 0) is 16.0 Å². The van der Waals surface area contributed by atoms with Gasteiger partial charge >= 0.3 is 0 Å². The molecule has 2 atom stereocenters. The van der Waals surface area contributed by atoms with Crippen LogP contribution in [0, 0.1) is 6.92 Å². The molecule has 1 amide bonds. The van der Waals surface area contributed by atoms with Crippen molar-refractivity contribution >= 4 is 17.4 Å². The van der Waals surface area contributed by atoms with Crippen molar-refractivity contribution in [3.8, 4) is 5.75 Å². The van der Waals surface area contributed by atoms with E-state index < -0.39 is 17.7 Å². The van der Waals surface area contributed by atoms with Crippen LogP contribution in [0.4, 0.5) is 0 Å². The quantitative estimate of drug-likeness (QED) is 0.467. The van der Waals surface area contributed by atoms with E-state index in [1.807, 2.05) is 32.0 Å². The van der Waals surface area contributed by atoms with E-state index in [1.54, 1.807) is 17.0 Å². The number of hydrogen-bond acceptors (Lipinski definition) is 5. The minimum Gasteiger partial charge on any atom is -0.507 e. The van der Waals surface area contributed by atoms with Crippen molar-refractivity contribution in [2.24, 2.45) is 0 Å². The number of carbonyl (C=O) groups is 2. The van der Waals surface area contributed by atoms with Gasteiger partial charge in [0.05, 0.1) is 5.57 Å². The highest BCUT2D eigenvalue weighted by Crippen LogP contribution is 2.44. The number of aliphatic hydroxyl groups excluding tert-OH is 1. The molecule has 1 aliphatic carbocycles. The van der Waals surface area contributed by atoms with E-state index in [4.69, 9.17) is 9.15 Å². The second kappa shape index (κ2) is 7.04. The molecule has 1 aromatic carbocycles. The van der Waals surface area contributed by atoms with Gasteiger partial charge in [-0.2, -0.15) is 0 Å². The summed E-state index contributed by atoms with van der Waals surface area (Å²) in [5.74, 6) is 0.645. The first kappa shape index (κ1) is 19.0. The summed E-state index contributed by atoms with van der Waals surface area (Å²) in [4.78, 5) is 27.8. The van der Waals surface area contributed by atoms with Crippen LogP contribution in [0.1, 0.15) is 61.3 Å². The fourth-order valence-electron chi connectivity index (χ4n) is 5.01. The molecule has 3 aliphatic rings. The minimum absolute atomic E-state index is 0.0172. The molecule has 2 aromatic rings.